The zero-order valence-corrected chi connectivity index (χ0v) is 24.8. The lowest BCUT2D eigenvalue weighted by Gasteiger charge is -2.32. The fraction of sp³-hybridized carbons (Fsp3) is 0.310. The number of nitrogens with one attached hydrogen (secondary N) is 1. The van der Waals surface area contributed by atoms with Gasteiger partial charge in [0.05, 0.1) is 20.6 Å². The van der Waals surface area contributed by atoms with E-state index in [9.17, 15) is 18.0 Å². The van der Waals surface area contributed by atoms with Gasteiger partial charge in [-0.2, -0.15) is 0 Å². The van der Waals surface area contributed by atoms with E-state index in [-0.39, 0.29) is 33.1 Å². The molecule has 0 aliphatic heterocycles. The summed E-state index contributed by atoms with van der Waals surface area (Å²) in [5.41, 5.74) is 2.89. The number of benzene rings is 3. The van der Waals surface area contributed by atoms with Gasteiger partial charge in [0.2, 0.25) is 11.8 Å². The molecule has 1 atom stereocenters. The van der Waals surface area contributed by atoms with Crippen molar-refractivity contribution in [1.29, 1.82) is 0 Å². The van der Waals surface area contributed by atoms with Gasteiger partial charge in [-0.3, -0.25) is 13.9 Å². The minimum absolute atomic E-state index is 0.0194. The molecule has 10 heteroatoms. The summed E-state index contributed by atoms with van der Waals surface area (Å²) in [5, 5.41) is 3.23. The lowest BCUT2D eigenvalue weighted by molar-refractivity contribution is -0.139. The van der Waals surface area contributed by atoms with Gasteiger partial charge in [-0.05, 0) is 63.1 Å². The van der Waals surface area contributed by atoms with E-state index in [4.69, 9.17) is 23.2 Å². The van der Waals surface area contributed by atoms with Crippen molar-refractivity contribution in [3.8, 4) is 0 Å². The molecule has 0 spiro atoms. The van der Waals surface area contributed by atoms with Crippen LogP contribution in [0.15, 0.2) is 71.6 Å². The maximum Gasteiger partial charge on any atom is 0.264 e. The molecule has 3 aromatic rings. The lowest BCUT2D eigenvalue weighted by atomic mass is 10.1. The number of sulfonamides is 1. The average molecular weight is 591 g/mol. The first-order valence-electron chi connectivity index (χ1n) is 12.6. The highest BCUT2D eigenvalue weighted by Gasteiger charge is 2.32. The van der Waals surface area contributed by atoms with Gasteiger partial charge in [-0.1, -0.05) is 77.7 Å². The third-order valence-electron chi connectivity index (χ3n) is 6.23. The zero-order chi connectivity index (χ0) is 28.7. The van der Waals surface area contributed by atoms with Crippen molar-refractivity contribution in [2.45, 2.75) is 51.6 Å². The average Bonchev–Trinajstić information content (AvgIpc) is 2.90. The Labute approximate surface area is 240 Å². The molecular weight excluding hydrogens is 557 g/mol. The van der Waals surface area contributed by atoms with Crippen LogP contribution in [0.3, 0.4) is 0 Å². The van der Waals surface area contributed by atoms with E-state index in [1.54, 1.807) is 19.1 Å². The van der Waals surface area contributed by atoms with E-state index in [0.29, 0.717) is 6.54 Å². The number of amides is 2. The number of nitrogens with zero attached hydrogens (tertiary/aromatic N) is 2. The summed E-state index contributed by atoms with van der Waals surface area (Å²) in [4.78, 5) is 28.2. The van der Waals surface area contributed by atoms with E-state index < -0.39 is 28.5 Å². The zero-order valence-electron chi connectivity index (χ0n) is 22.4. The summed E-state index contributed by atoms with van der Waals surface area (Å²) in [5.74, 6) is -0.863. The molecule has 1 N–H and O–H groups in total. The second kappa shape index (κ2) is 13.3. The Bertz CT molecular complexity index is 1430. The summed E-state index contributed by atoms with van der Waals surface area (Å²) in [6.45, 7) is 7.40. The highest BCUT2D eigenvalue weighted by molar-refractivity contribution is 7.92. The summed E-state index contributed by atoms with van der Waals surface area (Å²) in [6.07, 6.45) is 0.740. The Balaban J connectivity index is 2.04. The molecule has 0 fully saturated rings. The SMILES string of the molecule is CCCNC(=O)[C@@H](C)N(Cc1cccc(C)c1)C(=O)CN(c1ccc(Cl)c(Cl)c1)S(=O)(=O)c1ccc(C)cc1. The molecule has 0 aromatic heterocycles. The second-order valence-corrected chi connectivity index (χ2v) is 12.1. The summed E-state index contributed by atoms with van der Waals surface area (Å²) >= 11 is 12.3. The van der Waals surface area contributed by atoms with Gasteiger partial charge in [-0.25, -0.2) is 8.42 Å². The second-order valence-electron chi connectivity index (χ2n) is 9.40. The number of anilines is 1. The minimum Gasteiger partial charge on any atom is -0.354 e. The molecule has 0 heterocycles. The minimum atomic E-state index is -4.19. The van der Waals surface area contributed by atoms with Crippen LogP contribution in [0.4, 0.5) is 5.69 Å². The number of rotatable bonds is 11. The van der Waals surface area contributed by atoms with Crippen LogP contribution in [0.1, 0.15) is 37.0 Å². The van der Waals surface area contributed by atoms with Gasteiger partial charge >= 0.3 is 0 Å². The molecule has 3 aromatic carbocycles. The van der Waals surface area contributed by atoms with Crippen LogP contribution >= 0.6 is 23.2 Å². The van der Waals surface area contributed by atoms with E-state index >= 15 is 0 Å². The topological polar surface area (TPSA) is 86.8 Å². The van der Waals surface area contributed by atoms with Crippen LogP contribution in [0.25, 0.3) is 0 Å². The standard InChI is InChI=1S/C29H33Cl2N3O4S/c1-5-15-32-29(36)22(4)33(18-23-8-6-7-21(3)16-23)28(35)19-34(24-11-14-26(30)27(31)17-24)39(37,38)25-12-9-20(2)10-13-25/h6-14,16-17,22H,5,15,18-19H2,1-4H3,(H,32,36)/t22-/m1/s1. The fourth-order valence-electron chi connectivity index (χ4n) is 3.99. The Kier molecular flexibility index (Phi) is 10.4. The number of carbonyl (C=O) groups is 2. The Hall–Kier alpha value is -3.07. The van der Waals surface area contributed by atoms with Gasteiger partial charge in [0, 0.05) is 13.1 Å². The number of aryl methyl sites for hydroxylation is 2. The van der Waals surface area contributed by atoms with Gasteiger partial charge in [0.15, 0.2) is 0 Å². The van der Waals surface area contributed by atoms with Crippen molar-refractivity contribution in [3.05, 3.63) is 93.5 Å². The predicted octanol–water partition coefficient (Wildman–Crippen LogP) is 5.75. The first-order chi connectivity index (χ1) is 18.4. The van der Waals surface area contributed by atoms with Gasteiger partial charge in [0.25, 0.3) is 10.0 Å². The van der Waals surface area contributed by atoms with Crippen LogP contribution in [0.2, 0.25) is 10.0 Å². The molecule has 0 saturated heterocycles. The number of hydrogen-bond acceptors (Lipinski definition) is 4. The molecule has 3 rings (SSSR count). The molecule has 0 bridgehead atoms. The monoisotopic (exact) mass is 589 g/mol. The van der Waals surface area contributed by atoms with Crippen molar-refractivity contribution >= 4 is 50.7 Å². The van der Waals surface area contributed by atoms with Crippen LogP contribution in [-0.4, -0.2) is 44.3 Å². The molecule has 0 radical (unpaired) electrons. The molecule has 0 unspecified atom stereocenters. The molecule has 39 heavy (non-hydrogen) atoms. The molecule has 0 aliphatic rings. The largest absolute Gasteiger partial charge is 0.354 e. The van der Waals surface area contributed by atoms with E-state index in [1.165, 1.54) is 35.2 Å². The fourth-order valence-corrected chi connectivity index (χ4v) is 5.69. The third kappa shape index (κ3) is 7.75. The molecule has 0 saturated carbocycles. The third-order valence-corrected chi connectivity index (χ3v) is 8.76. The Morgan fingerprint density at radius 1 is 0.923 bits per heavy atom. The maximum absolute atomic E-state index is 13.9. The quantitative estimate of drug-likeness (QED) is 0.308. The van der Waals surface area contributed by atoms with Crippen molar-refractivity contribution < 1.29 is 18.0 Å². The molecular formula is C29H33Cl2N3O4S. The molecule has 0 aliphatic carbocycles. The Morgan fingerprint density at radius 3 is 2.23 bits per heavy atom. The number of halogens is 2. The highest BCUT2D eigenvalue weighted by atomic mass is 35.5. The molecule has 2 amide bonds. The van der Waals surface area contributed by atoms with Crippen molar-refractivity contribution in [3.63, 3.8) is 0 Å². The molecule has 208 valence electrons. The van der Waals surface area contributed by atoms with Crippen molar-refractivity contribution in [2.24, 2.45) is 0 Å². The first-order valence-corrected chi connectivity index (χ1v) is 14.8. The van der Waals surface area contributed by atoms with Crippen LogP contribution in [-0.2, 0) is 26.2 Å². The smallest absolute Gasteiger partial charge is 0.264 e. The van der Waals surface area contributed by atoms with Crippen LogP contribution in [0, 0.1) is 13.8 Å². The first kappa shape index (κ1) is 30.5. The Morgan fingerprint density at radius 2 is 1.62 bits per heavy atom. The van der Waals surface area contributed by atoms with Crippen molar-refractivity contribution in [2.75, 3.05) is 17.4 Å². The van der Waals surface area contributed by atoms with E-state index in [2.05, 4.69) is 5.32 Å². The van der Waals surface area contributed by atoms with Crippen LogP contribution in [0.5, 0.6) is 0 Å². The maximum atomic E-state index is 13.9. The summed E-state index contributed by atoms with van der Waals surface area (Å²) < 4.78 is 28.7. The number of hydrogen-bond donors (Lipinski definition) is 1. The van der Waals surface area contributed by atoms with Gasteiger partial charge in [0.1, 0.15) is 12.6 Å². The lowest BCUT2D eigenvalue weighted by Crippen LogP contribution is -2.51. The number of carbonyl (C=O) groups excluding carboxylic acids is 2. The van der Waals surface area contributed by atoms with E-state index in [1.807, 2.05) is 45.0 Å². The highest BCUT2D eigenvalue weighted by Crippen LogP contribution is 2.31. The van der Waals surface area contributed by atoms with Crippen molar-refractivity contribution in [1.82, 2.24) is 10.2 Å². The predicted molar refractivity (Wildman–Crippen MR) is 157 cm³/mol. The molecule has 7 nitrogen and oxygen atoms in total. The normalized spacial score (nSPS) is 12.1. The van der Waals surface area contributed by atoms with Gasteiger partial charge < -0.3 is 10.2 Å². The summed E-state index contributed by atoms with van der Waals surface area (Å²) in [7, 11) is -4.19. The van der Waals surface area contributed by atoms with Gasteiger partial charge in [-0.15, -0.1) is 0 Å². The van der Waals surface area contributed by atoms with Crippen LogP contribution < -0.4 is 9.62 Å². The summed E-state index contributed by atoms with van der Waals surface area (Å²) in [6, 6.07) is 17.5. The van der Waals surface area contributed by atoms with E-state index in [0.717, 1.165) is 27.4 Å².